The number of nitrogens with zero attached hydrogens (tertiary/aromatic N) is 2. The van der Waals surface area contributed by atoms with Crippen LogP contribution in [0.3, 0.4) is 0 Å². The molecule has 14 heteroatoms. The van der Waals surface area contributed by atoms with Gasteiger partial charge in [0.2, 0.25) is 11.7 Å². The SMILES string of the molecule is COC(=O)c1ccc(C(=O)C[C@H]2[C@@H](N)[C@H](c3cccc(Cl)c3F)[C@]3(C(=O)Nc4cc(Cl)ccc43)N2CC2CC2)c([N+](=O)[O-])c1OC. The van der Waals surface area contributed by atoms with Crippen LogP contribution in [0, 0.1) is 21.8 Å². The number of methoxy groups -OCH3 is 2. The Labute approximate surface area is 272 Å². The van der Waals surface area contributed by atoms with E-state index in [2.05, 4.69) is 5.32 Å². The number of hydrogen-bond acceptors (Lipinski definition) is 9. The molecule has 11 nitrogen and oxygen atoms in total. The number of fused-ring (bicyclic) bond motifs is 2. The van der Waals surface area contributed by atoms with E-state index in [0.29, 0.717) is 22.8 Å². The summed E-state index contributed by atoms with van der Waals surface area (Å²) in [5, 5.41) is 15.4. The largest absolute Gasteiger partial charge is 0.490 e. The summed E-state index contributed by atoms with van der Waals surface area (Å²) in [6, 6.07) is 9.91. The van der Waals surface area contributed by atoms with Crippen LogP contribution in [-0.2, 0) is 15.1 Å². The molecular formula is C32H29Cl2FN4O7. The molecule has 4 atom stereocenters. The third-order valence-electron chi connectivity index (χ3n) is 9.21. The van der Waals surface area contributed by atoms with E-state index in [1.54, 1.807) is 24.3 Å². The first-order chi connectivity index (χ1) is 21.9. The van der Waals surface area contributed by atoms with Gasteiger partial charge in [-0.2, -0.15) is 0 Å². The molecule has 1 saturated heterocycles. The number of nitro groups is 1. The number of halogens is 3. The molecule has 1 saturated carbocycles. The molecule has 240 valence electrons. The minimum Gasteiger partial charge on any atom is -0.490 e. The van der Waals surface area contributed by atoms with Crippen molar-refractivity contribution >= 4 is 52.2 Å². The lowest BCUT2D eigenvalue weighted by atomic mass is 9.73. The number of likely N-dealkylation sites (tertiary alicyclic amines) is 1. The summed E-state index contributed by atoms with van der Waals surface area (Å²) in [4.78, 5) is 54.1. The lowest BCUT2D eigenvalue weighted by Gasteiger charge is -2.39. The highest BCUT2D eigenvalue weighted by molar-refractivity contribution is 6.31. The van der Waals surface area contributed by atoms with Gasteiger partial charge in [-0.05, 0) is 54.7 Å². The minimum absolute atomic E-state index is 0.101. The van der Waals surface area contributed by atoms with Crippen molar-refractivity contribution in [2.75, 3.05) is 26.1 Å². The van der Waals surface area contributed by atoms with Gasteiger partial charge in [0.25, 0.3) is 0 Å². The fourth-order valence-electron chi connectivity index (χ4n) is 7.09. The van der Waals surface area contributed by atoms with E-state index in [1.807, 2.05) is 4.90 Å². The average Bonchev–Trinajstić information content (AvgIpc) is 3.77. The Morgan fingerprint density at radius 2 is 1.87 bits per heavy atom. The predicted octanol–water partition coefficient (Wildman–Crippen LogP) is 5.46. The molecule has 3 aliphatic rings. The molecule has 0 unspecified atom stereocenters. The third kappa shape index (κ3) is 4.91. The molecular weight excluding hydrogens is 642 g/mol. The standard InChI is InChI=1S/C32H29Cl2FN4O7/c1-45-29-19(30(41)46-2)10-9-17(28(29)39(43)44)24(40)13-23-27(36)25(18-4-3-5-21(34)26(18)35)32(38(23)14-15-6-7-15)20-11-8-16(33)12-22(20)37-31(32)42/h3-5,8-12,15,23,25,27H,6-7,13-14,36H2,1-2H3,(H,37,42)/t23-,25-,27+,32+/m0/s1. The maximum absolute atomic E-state index is 15.9. The van der Waals surface area contributed by atoms with E-state index in [4.69, 9.17) is 38.4 Å². The number of ether oxygens (including phenoxy) is 2. The van der Waals surface area contributed by atoms with Crippen LogP contribution < -0.4 is 15.8 Å². The number of nitrogens with one attached hydrogen (secondary N) is 1. The second-order valence-electron chi connectivity index (χ2n) is 11.7. The fraction of sp³-hybridized carbons (Fsp3) is 0.344. The zero-order valence-corrected chi connectivity index (χ0v) is 26.2. The second-order valence-corrected chi connectivity index (χ2v) is 12.5. The first kappa shape index (κ1) is 31.9. The first-order valence-corrected chi connectivity index (χ1v) is 15.3. The monoisotopic (exact) mass is 670 g/mol. The van der Waals surface area contributed by atoms with Gasteiger partial charge in [0.05, 0.1) is 29.7 Å². The Hall–Kier alpha value is -4.10. The molecule has 0 bridgehead atoms. The number of nitro benzene ring substituents is 1. The van der Waals surface area contributed by atoms with Crippen LogP contribution in [-0.4, -0.2) is 60.3 Å². The Balaban J connectivity index is 1.52. The van der Waals surface area contributed by atoms with Crippen LogP contribution in [0.4, 0.5) is 15.8 Å². The van der Waals surface area contributed by atoms with Crippen molar-refractivity contribution < 1.29 is 33.2 Å². The lowest BCUT2D eigenvalue weighted by molar-refractivity contribution is -0.386. The molecule has 3 aromatic rings. The molecule has 2 aliphatic heterocycles. The number of amides is 1. The van der Waals surface area contributed by atoms with E-state index in [1.165, 1.54) is 24.3 Å². The number of benzene rings is 3. The van der Waals surface area contributed by atoms with Gasteiger partial charge in [-0.25, -0.2) is 9.18 Å². The van der Waals surface area contributed by atoms with Gasteiger partial charge in [-0.15, -0.1) is 0 Å². The number of carbonyl (C=O) groups is 3. The molecule has 1 spiro atoms. The number of ketones is 1. The van der Waals surface area contributed by atoms with Crippen LogP contribution in [0.1, 0.15) is 57.0 Å². The topological polar surface area (TPSA) is 154 Å². The summed E-state index contributed by atoms with van der Waals surface area (Å²) < 4.78 is 25.8. The summed E-state index contributed by atoms with van der Waals surface area (Å²) >= 11 is 12.5. The summed E-state index contributed by atoms with van der Waals surface area (Å²) in [6.45, 7) is 0.354. The highest BCUT2D eigenvalue weighted by atomic mass is 35.5. The number of hydrogen-bond donors (Lipinski definition) is 2. The van der Waals surface area contributed by atoms with Crippen LogP contribution in [0.15, 0.2) is 48.5 Å². The van der Waals surface area contributed by atoms with Crippen molar-refractivity contribution in [2.45, 2.75) is 42.8 Å². The van der Waals surface area contributed by atoms with Crippen LogP contribution >= 0.6 is 23.2 Å². The lowest BCUT2D eigenvalue weighted by Crippen LogP contribution is -2.53. The number of anilines is 1. The number of Topliss-reactive ketones (excluding diaryl/α,β-unsaturated/α-hetero) is 1. The molecule has 3 aromatic carbocycles. The zero-order chi connectivity index (χ0) is 33.1. The Morgan fingerprint density at radius 1 is 1.15 bits per heavy atom. The molecule has 1 amide bonds. The molecule has 3 N–H and O–H groups in total. The normalized spacial score (nSPS) is 23.7. The molecule has 1 aliphatic carbocycles. The predicted molar refractivity (Wildman–Crippen MR) is 167 cm³/mol. The van der Waals surface area contributed by atoms with Crippen LogP contribution in [0.2, 0.25) is 10.0 Å². The summed E-state index contributed by atoms with van der Waals surface area (Å²) in [5.74, 6) is -4.03. The van der Waals surface area contributed by atoms with Gasteiger partial charge < -0.3 is 20.5 Å². The quantitative estimate of drug-likeness (QED) is 0.131. The maximum Gasteiger partial charge on any atom is 0.341 e. The van der Waals surface area contributed by atoms with E-state index in [0.717, 1.165) is 27.1 Å². The van der Waals surface area contributed by atoms with E-state index >= 15 is 4.39 Å². The highest BCUT2D eigenvalue weighted by Gasteiger charge is 2.67. The zero-order valence-electron chi connectivity index (χ0n) is 24.7. The smallest absolute Gasteiger partial charge is 0.341 e. The fourth-order valence-corrected chi connectivity index (χ4v) is 7.44. The van der Waals surface area contributed by atoms with Crippen LogP contribution in [0.25, 0.3) is 0 Å². The van der Waals surface area contributed by atoms with E-state index in [9.17, 15) is 24.5 Å². The summed E-state index contributed by atoms with van der Waals surface area (Å²) in [6.07, 6.45) is 1.39. The summed E-state index contributed by atoms with van der Waals surface area (Å²) in [5.41, 5.74) is 5.24. The van der Waals surface area contributed by atoms with Crippen LogP contribution in [0.5, 0.6) is 5.75 Å². The van der Waals surface area contributed by atoms with Crippen molar-refractivity contribution in [1.82, 2.24) is 4.90 Å². The Morgan fingerprint density at radius 3 is 2.52 bits per heavy atom. The number of carbonyl (C=O) groups excluding carboxylic acids is 3. The van der Waals surface area contributed by atoms with Crippen molar-refractivity contribution in [3.8, 4) is 5.75 Å². The van der Waals surface area contributed by atoms with Crippen molar-refractivity contribution in [3.63, 3.8) is 0 Å². The van der Waals surface area contributed by atoms with Gasteiger partial charge in [-0.3, -0.25) is 24.6 Å². The molecule has 0 radical (unpaired) electrons. The third-order valence-corrected chi connectivity index (χ3v) is 9.73. The van der Waals surface area contributed by atoms with Gasteiger partial charge in [-0.1, -0.05) is 41.4 Å². The van der Waals surface area contributed by atoms with Crippen molar-refractivity contribution in [1.29, 1.82) is 0 Å². The van der Waals surface area contributed by atoms with Gasteiger partial charge in [0.15, 0.2) is 5.78 Å². The van der Waals surface area contributed by atoms with Gasteiger partial charge in [0.1, 0.15) is 16.9 Å². The van der Waals surface area contributed by atoms with E-state index in [-0.39, 0.29) is 34.1 Å². The summed E-state index contributed by atoms with van der Waals surface area (Å²) in [7, 11) is 2.26. The van der Waals surface area contributed by atoms with Gasteiger partial charge >= 0.3 is 11.7 Å². The number of esters is 1. The molecule has 2 fully saturated rings. The molecule has 0 aromatic heterocycles. The number of nitrogens with two attached hydrogens (primary N) is 1. The molecule has 6 rings (SSSR count). The van der Waals surface area contributed by atoms with Crippen molar-refractivity contribution in [3.05, 3.63) is 96.8 Å². The number of rotatable bonds is 9. The Kier molecular flexibility index (Phi) is 8.26. The first-order valence-electron chi connectivity index (χ1n) is 14.5. The molecule has 2 heterocycles. The van der Waals surface area contributed by atoms with Crippen molar-refractivity contribution in [2.24, 2.45) is 11.7 Å². The highest BCUT2D eigenvalue weighted by Crippen LogP contribution is 2.59. The second kappa shape index (κ2) is 11.9. The average molecular weight is 672 g/mol. The minimum atomic E-state index is -1.56. The van der Waals surface area contributed by atoms with E-state index < -0.39 is 63.4 Å². The molecule has 46 heavy (non-hydrogen) atoms. The maximum atomic E-state index is 15.9. The Bertz CT molecular complexity index is 1800. The van der Waals surface area contributed by atoms with Gasteiger partial charge in [0, 0.05) is 47.2 Å².